The van der Waals surface area contributed by atoms with Gasteiger partial charge in [0.25, 0.3) is 11.1 Å². The Labute approximate surface area is 209 Å². The van der Waals surface area contributed by atoms with Crippen LogP contribution in [0.5, 0.6) is 11.5 Å². The largest absolute Gasteiger partial charge is 0.493 e. The van der Waals surface area contributed by atoms with Crippen LogP contribution in [0.15, 0.2) is 45.8 Å². The van der Waals surface area contributed by atoms with Crippen molar-refractivity contribution in [3.63, 3.8) is 0 Å². The molecule has 0 N–H and O–H groups in total. The van der Waals surface area contributed by atoms with Crippen LogP contribution in [-0.4, -0.2) is 41.8 Å². The Morgan fingerprint density at radius 2 is 1.94 bits per heavy atom. The second-order valence-corrected chi connectivity index (χ2v) is 9.25. The first-order chi connectivity index (χ1) is 15.7. The fourth-order valence-electron chi connectivity index (χ4n) is 3.03. The zero-order valence-electron chi connectivity index (χ0n) is 18.1. The van der Waals surface area contributed by atoms with Gasteiger partial charge in [-0.15, -0.1) is 0 Å². The SMILES string of the molecule is CCOC(=O)[C@@H](C)N1C(=O)S/C(=C/c2cc(Cl)c(OCc3ccc(Br)cc3)c(OC)c2)C1=O. The molecule has 2 aromatic rings. The van der Waals surface area contributed by atoms with Crippen molar-refractivity contribution in [2.24, 2.45) is 0 Å². The molecule has 1 aliphatic rings. The standard InChI is InChI=1S/C23H21BrClNO6S/c1-4-31-22(28)13(2)26-21(27)19(33-23(26)29)11-15-9-17(25)20(18(10-15)30-3)32-12-14-5-7-16(24)8-6-14/h5-11,13H,4,12H2,1-3H3/b19-11+/t13-/m1/s1. The van der Waals surface area contributed by atoms with Gasteiger partial charge in [0.2, 0.25) is 0 Å². The maximum atomic E-state index is 12.8. The molecular formula is C23H21BrClNO6S. The molecule has 0 radical (unpaired) electrons. The van der Waals surface area contributed by atoms with Gasteiger partial charge in [-0.3, -0.25) is 14.5 Å². The molecule has 1 atom stereocenters. The van der Waals surface area contributed by atoms with Crippen molar-refractivity contribution in [2.75, 3.05) is 13.7 Å². The van der Waals surface area contributed by atoms with Crippen LogP contribution in [0.4, 0.5) is 4.79 Å². The summed E-state index contributed by atoms with van der Waals surface area (Å²) in [4.78, 5) is 38.2. The molecule has 0 aromatic heterocycles. The molecule has 0 saturated carbocycles. The molecule has 3 rings (SSSR count). The zero-order valence-corrected chi connectivity index (χ0v) is 21.3. The summed E-state index contributed by atoms with van der Waals surface area (Å²) in [5.74, 6) is -0.470. The minimum Gasteiger partial charge on any atom is -0.493 e. The van der Waals surface area contributed by atoms with Gasteiger partial charge in [-0.05, 0) is 67.1 Å². The van der Waals surface area contributed by atoms with E-state index < -0.39 is 23.2 Å². The summed E-state index contributed by atoms with van der Waals surface area (Å²) in [5, 5.41) is -0.254. The predicted molar refractivity (Wildman–Crippen MR) is 130 cm³/mol. The first-order valence-corrected chi connectivity index (χ1v) is 11.9. The van der Waals surface area contributed by atoms with Gasteiger partial charge in [-0.25, -0.2) is 4.79 Å². The number of halogens is 2. The fraction of sp³-hybridized carbons (Fsp3) is 0.261. The van der Waals surface area contributed by atoms with Crippen LogP contribution < -0.4 is 9.47 Å². The number of thioether (sulfide) groups is 1. The molecule has 10 heteroatoms. The van der Waals surface area contributed by atoms with Crippen LogP contribution >= 0.6 is 39.3 Å². The highest BCUT2D eigenvalue weighted by Crippen LogP contribution is 2.39. The van der Waals surface area contributed by atoms with Gasteiger partial charge >= 0.3 is 5.97 Å². The van der Waals surface area contributed by atoms with Gasteiger partial charge in [0.15, 0.2) is 11.5 Å². The van der Waals surface area contributed by atoms with Crippen molar-refractivity contribution >= 4 is 62.5 Å². The Kier molecular flexibility index (Phi) is 8.45. The summed E-state index contributed by atoms with van der Waals surface area (Å²) in [6.07, 6.45) is 1.52. The number of ether oxygens (including phenoxy) is 3. The van der Waals surface area contributed by atoms with Crippen molar-refractivity contribution in [3.05, 3.63) is 61.9 Å². The van der Waals surface area contributed by atoms with E-state index in [-0.39, 0.29) is 23.1 Å². The molecule has 33 heavy (non-hydrogen) atoms. The summed E-state index contributed by atoms with van der Waals surface area (Å²) < 4.78 is 17.2. The molecule has 1 saturated heterocycles. The monoisotopic (exact) mass is 553 g/mol. The van der Waals surface area contributed by atoms with Crippen LogP contribution in [0.3, 0.4) is 0 Å². The van der Waals surface area contributed by atoms with E-state index >= 15 is 0 Å². The fourth-order valence-corrected chi connectivity index (χ4v) is 4.48. The topological polar surface area (TPSA) is 82.1 Å². The Hall–Kier alpha value is -2.49. The molecular weight excluding hydrogens is 534 g/mol. The number of rotatable bonds is 8. The van der Waals surface area contributed by atoms with Crippen molar-refractivity contribution < 1.29 is 28.6 Å². The third kappa shape index (κ3) is 5.90. The quantitative estimate of drug-likeness (QED) is 0.307. The van der Waals surface area contributed by atoms with Crippen molar-refractivity contribution in [1.29, 1.82) is 0 Å². The molecule has 1 aliphatic heterocycles. The van der Waals surface area contributed by atoms with Gasteiger partial charge in [-0.1, -0.05) is 39.7 Å². The van der Waals surface area contributed by atoms with E-state index in [0.29, 0.717) is 17.1 Å². The summed E-state index contributed by atoms with van der Waals surface area (Å²) in [5.41, 5.74) is 1.49. The minimum atomic E-state index is -1.02. The second kappa shape index (κ2) is 11.1. The third-order valence-electron chi connectivity index (χ3n) is 4.68. The highest BCUT2D eigenvalue weighted by atomic mass is 79.9. The molecule has 1 heterocycles. The molecule has 2 aromatic carbocycles. The van der Waals surface area contributed by atoms with E-state index in [2.05, 4.69) is 15.9 Å². The van der Waals surface area contributed by atoms with Gasteiger partial charge in [0, 0.05) is 4.47 Å². The summed E-state index contributed by atoms with van der Waals surface area (Å²) in [6, 6.07) is 9.93. The van der Waals surface area contributed by atoms with Crippen molar-refractivity contribution in [1.82, 2.24) is 4.90 Å². The Morgan fingerprint density at radius 3 is 2.58 bits per heavy atom. The second-order valence-electron chi connectivity index (χ2n) is 6.93. The van der Waals surface area contributed by atoms with Gasteiger partial charge in [0.05, 0.1) is 23.6 Å². The van der Waals surface area contributed by atoms with E-state index in [1.807, 2.05) is 24.3 Å². The Bertz CT molecular complexity index is 1100. The smallest absolute Gasteiger partial charge is 0.329 e. The van der Waals surface area contributed by atoms with Crippen molar-refractivity contribution in [3.8, 4) is 11.5 Å². The highest BCUT2D eigenvalue weighted by molar-refractivity contribution is 9.10. The third-order valence-corrected chi connectivity index (χ3v) is 6.38. The normalized spacial score (nSPS) is 15.7. The number of amides is 2. The number of carbonyl (C=O) groups excluding carboxylic acids is 3. The first-order valence-electron chi connectivity index (χ1n) is 9.93. The molecule has 0 unspecified atom stereocenters. The molecule has 0 spiro atoms. The van der Waals surface area contributed by atoms with Crippen LogP contribution in [0.25, 0.3) is 6.08 Å². The number of hydrogen-bond donors (Lipinski definition) is 0. The average molecular weight is 555 g/mol. The number of methoxy groups -OCH3 is 1. The number of hydrogen-bond acceptors (Lipinski definition) is 7. The number of imide groups is 1. The number of esters is 1. The van der Waals surface area contributed by atoms with Gasteiger partial charge in [-0.2, -0.15) is 0 Å². The lowest BCUT2D eigenvalue weighted by Gasteiger charge is -2.19. The zero-order chi connectivity index (χ0) is 24.1. The summed E-state index contributed by atoms with van der Waals surface area (Å²) in [7, 11) is 1.48. The van der Waals surface area contributed by atoms with Crippen LogP contribution in [-0.2, 0) is 20.9 Å². The molecule has 0 aliphatic carbocycles. The number of nitrogens with zero attached hydrogens (tertiary/aromatic N) is 1. The maximum absolute atomic E-state index is 12.8. The van der Waals surface area contributed by atoms with E-state index in [9.17, 15) is 14.4 Å². The summed E-state index contributed by atoms with van der Waals surface area (Å²) >= 11 is 10.6. The highest BCUT2D eigenvalue weighted by Gasteiger charge is 2.41. The number of carbonyl (C=O) groups is 3. The van der Waals surface area contributed by atoms with Crippen LogP contribution in [0.2, 0.25) is 5.02 Å². The van der Waals surface area contributed by atoms with E-state index in [1.54, 1.807) is 19.1 Å². The molecule has 174 valence electrons. The molecule has 0 bridgehead atoms. The first kappa shape index (κ1) is 25.1. The molecule has 2 amide bonds. The van der Waals surface area contributed by atoms with Gasteiger partial charge in [0.1, 0.15) is 12.6 Å². The van der Waals surface area contributed by atoms with Crippen LogP contribution in [0, 0.1) is 0 Å². The van der Waals surface area contributed by atoms with Gasteiger partial charge < -0.3 is 14.2 Å². The molecule has 7 nitrogen and oxygen atoms in total. The Balaban J connectivity index is 1.81. The van der Waals surface area contributed by atoms with E-state index in [0.717, 1.165) is 26.7 Å². The predicted octanol–water partition coefficient (Wildman–Crippen LogP) is 5.68. The minimum absolute atomic E-state index is 0.157. The Morgan fingerprint density at radius 1 is 1.24 bits per heavy atom. The van der Waals surface area contributed by atoms with Crippen LogP contribution in [0.1, 0.15) is 25.0 Å². The lowest BCUT2D eigenvalue weighted by molar-refractivity contribution is -0.150. The lowest BCUT2D eigenvalue weighted by atomic mass is 10.1. The molecule has 1 fully saturated rings. The maximum Gasteiger partial charge on any atom is 0.329 e. The van der Waals surface area contributed by atoms with Crippen molar-refractivity contribution in [2.45, 2.75) is 26.5 Å². The number of benzene rings is 2. The summed E-state index contributed by atoms with van der Waals surface area (Å²) in [6.45, 7) is 3.55. The van der Waals surface area contributed by atoms with E-state index in [1.165, 1.54) is 20.1 Å². The lowest BCUT2D eigenvalue weighted by Crippen LogP contribution is -2.42. The average Bonchev–Trinajstić information content (AvgIpc) is 3.06. The van der Waals surface area contributed by atoms with E-state index in [4.69, 9.17) is 25.8 Å².